The van der Waals surface area contributed by atoms with E-state index in [2.05, 4.69) is 5.32 Å². The minimum atomic E-state index is -4.83. The van der Waals surface area contributed by atoms with Crippen LogP contribution in [0.1, 0.15) is 18.1 Å². The van der Waals surface area contributed by atoms with Crippen LogP contribution in [0.2, 0.25) is 0 Å². The van der Waals surface area contributed by atoms with Gasteiger partial charge in [0, 0.05) is 6.54 Å². The van der Waals surface area contributed by atoms with Gasteiger partial charge in [0.2, 0.25) is 15.9 Å². The molecule has 0 aliphatic rings. The summed E-state index contributed by atoms with van der Waals surface area (Å²) < 4.78 is 65.6. The molecule has 0 unspecified atom stereocenters. The standard InChI is InChI=1S/C17H17F3N2O3S/c1-12(16(23)21-11-13-7-3-2-4-8-13)22-26(24,25)15-10-6-5-9-14(15)17(18,19)20/h2-10,12,22H,11H2,1H3,(H,21,23)/t12-/m1/s1. The number of halogens is 3. The lowest BCUT2D eigenvalue weighted by molar-refractivity contribution is -0.139. The summed E-state index contributed by atoms with van der Waals surface area (Å²) in [5, 5.41) is 2.53. The molecule has 140 valence electrons. The van der Waals surface area contributed by atoms with Crippen molar-refractivity contribution in [3.05, 3.63) is 65.7 Å². The number of hydrogen-bond donors (Lipinski definition) is 2. The topological polar surface area (TPSA) is 75.3 Å². The molecule has 0 fully saturated rings. The van der Waals surface area contributed by atoms with E-state index in [9.17, 15) is 26.4 Å². The van der Waals surface area contributed by atoms with Crippen LogP contribution < -0.4 is 10.0 Å². The molecule has 0 radical (unpaired) electrons. The van der Waals surface area contributed by atoms with Crippen LogP contribution in [0.4, 0.5) is 13.2 Å². The van der Waals surface area contributed by atoms with E-state index in [-0.39, 0.29) is 6.54 Å². The number of carbonyl (C=O) groups is 1. The molecule has 0 aliphatic carbocycles. The summed E-state index contributed by atoms with van der Waals surface area (Å²) in [4.78, 5) is 11.1. The number of alkyl halides is 3. The summed E-state index contributed by atoms with van der Waals surface area (Å²) in [6, 6.07) is 11.5. The SMILES string of the molecule is C[C@@H](NS(=O)(=O)c1ccccc1C(F)(F)F)C(=O)NCc1ccccc1. The molecule has 0 aliphatic heterocycles. The van der Waals surface area contributed by atoms with E-state index >= 15 is 0 Å². The van der Waals surface area contributed by atoms with E-state index in [0.29, 0.717) is 6.07 Å². The second kappa shape index (κ2) is 7.88. The van der Waals surface area contributed by atoms with Gasteiger partial charge in [-0.3, -0.25) is 4.79 Å². The summed E-state index contributed by atoms with van der Waals surface area (Å²) in [6.07, 6.45) is -4.83. The van der Waals surface area contributed by atoms with E-state index in [1.54, 1.807) is 30.3 Å². The molecule has 1 amide bonds. The van der Waals surface area contributed by atoms with E-state index in [4.69, 9.17) is 0 Å². The Morgan fingerprint density at radius 1 is 1.04 bits per heavy atom. The van der Waals surface area contributed by atoms with Crippen LogP contribution >= 0.6 is 0 Å². The Morgan fingerprint density at radius 3 is 2.23 bits per heavy atom. The average molecular weight is 386 g/mol. The van der Waals surface area contributed by atoms with Crippen molar-refractivity contribution in [2.75, 3.05) is 0 Å². The molecular formula is C17H17F3N2O3S. The fourth-order valence-electron chi connectivity index (χ4n) is 2.22. The molecule has 0 heterocycles. The van der Waals surface area contributed by atoms with Crippen molar-refractivity contribution in [3.63, 3.8) is 0 Å². The molecule has 1 atom stereocenters. The molecule has 9 heteroatoms. The van der Waals surface area contributed by atoms with Gasteiger partial charge in [-0.2, -0.15) is 17.9 Å². The summed E-state index contributed by atoms with van der Waals surface area (Å²) in [6.45, 7) is 1.43. The number of rotatable bonds is 6. The molecule has 2 N–H and O–H groups in total. The van der Waals surface area contributed by atoms with Gasteiger partial charge in [-0.1, -0.05) is 42.5 Å². The van der Waals surface area contributed by atoms with Crippen LogP contribution in [0.5, 0.6) is 0 Å². The Labute approximate surface area is 149 Å². The quantitative estimate of drug-likeness (QED) is 0.802. The number of hydrogen-bond acceptors (Lipinski definition) is 3. The van der Waals surface area contributed by atoms with Crippen LogP contribution in [-0.4, -0.2) is 20.4 Å². The Kier molecular flexibility index (Phi) is 6.04. The third-order valence-corrected chi connectivity index (χ3v) is 5.12. The molecule has 2 aromatic rings. The Bertz CT molecular complexity index is 868. The smallest absolute Gasteiger partial charge is 0.351 e. The van der Waals surface area contributed by atoms with E-state index in [1.165, 1.54) is 13.0 Å². The Balaban J connectivity index is 2.10. The summed E-state index contributed by atoms with van der Waals surface area (Å²) >= 11 is 0. The van der Waals surface area contributed by atoms with Gasteiger partial charge >= 0.3 is 6.18 Å². The van der Waals surface area contributed by atoms with E-state index < -0.39 is 38.6 Å². The van der Waals surface area contributed by atoms with Crippen LogP contribution in [0.3, 0.4) is 0 Å². The van der Waals surface area contributed by atoms with Crippen LogP contribution in [0.25, 0.3) is 0 Å². The van der Waals surface area contributed by atoms with Gasteiger partial charge in [0.25, 0.3) is 0 Å². The highest BCUT2D eigenvalue weighted by molar-refractivity contribution is 7.89. The molecule has 0 saturated heterocycles. The number of nitrogens with one attached hydrogen (secondary N) is 2. The molecule has 26 heavy (non-hydrogen) atoms. The largest absolute Gasteiger partial charge is 0.417 e. The first-order chi connectivity index (χ1) is 12.1. The number of benzene rings is 2. The first-order valence-electron chi connectivity index (χ1n) is 7.61. The van der Waals surface area contributed by atoms with Gasteiger partial charge in [0.1, 0.15) is 0 Å². The molecular weight excluding hydrogens is 369 g/mol. The minimum Gasteiger partial charge on any atom is -0.351 e. The average Bonchev–Trinajstić information content (AvgIpc) is 2.59. The molecule has 0 bridgehead atoms. The highest BCUT2D eigenvalue weighted by Gasteiger charge is 2.37. The molecule has 0 aromatic heterocycles. The monoisotopic (exact) mass is 386 g/mol. The van der Waals surface area contributed by atoms with Gasteiger partial charge in [-0.25, -0.2) is 8.42 Å². The maximum absolute atomic E-state index is 13.0. The molecule has 2 aromatic carbocycles. The van der Waals surface area contributed by atoms with Gasteiger partial charge < -0.3 is 5.32 Å². The van der Waals surface area contributed by atoms with Crippen LogP contribution in [0.15, 0.2) is 59.5 Å². The van der Waals surface area contributed by atoms with Crippen molar-refractivity contribution < 1.29 is 26.4 Å². The number of carbonyl (C=O) groups excluding carboxylic acids is 1. The van der Waals surface area contributed by atoms with Gasteiger partial charge in [0.15, 0.2) is 0 Å². The summed E-state index contributed by atoms with van der Waals surface area (Å²) in [7, 11) is -4.53. The predicted molar refractivity (Wildman–Crippen MR) is 89.5 cm³/mol. The lowest BCUT2D eigenvalue weighted by Crippen LogP contribution is -2.44. The van der Waals surface area contributed by atoms with Crippen molar-refractivity contribution in [1.29, 1.82) is 0 Å². The van der Waals surface area contributed by atoms with Crippen molar-refractivity contribution in [3.8, 4) is 0 Å². The van der Waals surface area contributed by atoms with E-state index in [0.717, 1.165) is 17.7 Å². The zero-order valence-corrected chi connectivity index (χ0v) is 14.6. The highest BCUT2D eigenvalue weighted by atomic mass is 32.2. The Morgan fingerprint density at radius 2 is 1.62 bits per heavy atom. The Hall–Kier alpha value is -2.39. The van der Waals surface area contributed by atoms with Gasteiger partial charge in [-0.15, -0.1) is 0 Å². The number of amides is 1. The van der Waals surface area contributed by atoms with Crippen molar-refractivity contribution >= 4 is 15.9 Å². The maximum Gasteiger partial charge on any atom is 0.417 e. The lowest BCUT2D eigenvalue weighted by Gasteiger charge is -2.17. The second-order valence-electron chi connectivity index (χ2n) is 5.54. The minimum absolute atomic E-state index is 0.172. The van der Waals surface area contributed by atoms with Crippen LogP contribution in [0, 0.1) is 0 Å². The third kappa shape index (κ3) is 5.06. The fraction of sp³-hybridized carbons (Fsp3) is 0.235. The third-order valence-electron chi connectivity index (χ3n) is 3.52. The molecule has 0 saturated carbocycles. The normalized spacial score (nSPS) is 13.2. The molecule has 2 rings (SSSR count). The van der Waals surface area contributed by atoms with E-state index in [1.807, 2.05) is 4.72 Å². The van der Waals surface area contributed by atoms with Crippen molar-refractivity contribution in [2.24, 2.45) is 0 Å². The maximum atomic E-state index is 13.0. The second-order valence-corrected chi connectivity index (χ2v) is 7.22. The molecule has 0 spiro atoms. The van der Waals surface area contributed by atoms with Crippen molar-refractivity contribution in [1.82, 2.24) is 10.0 Å². The fourth-order valence-corrected chi connectivity index (χ4v) is 3.65. The highest BCUT2D eigenvalue weighted by Crippen LogP contribution is 2.33. The number of sulfonamides is 1. The van der Waals surface area contributed by atoms with Gasteiger partial charge in [-0.05, 0) is 24.6 Å². The first-order valence-corrected chi connectivity index (χ1v) is 9.10. The van der Waals surface area contributed by atoms with Gasteiger partial charge in [0.05, 0.1) is 16.5 Å². The van der Waals surface area contributed by atoms with Crippen molar-refractivity contribution in [2.45, 2.75) is 30.6 Å². The summed E-state index contributed by atoms with van der Waals surface area (Å²) in [5.74, 6) is -0.651. The molecule has 5 nitrogen and oxygen atoms in total. The lowest BCUT2D eigenvalue weighted by atomic mass is 10.2. The summed E-state index contributed by atoms with van der Waals surface area (Å²) in [5.41, 5.74) is -0.484. The zero-order chi connectivity index (χ0) is 19.4. The predicted octanol–water partition coefficient (Wildman–Crippen LogP) is 2.69. The first kappa shape index (κ1) is 19.9. The zero-order valence-electron chi connectivity index (χ0n) is 13.7. The van der Waals surface area contributed by atoms with Crippen LogP contribution in [-0.2, 0) is 27.5 Å².